The van der Waals surface area contributed by atoms with Crippen molar-refractivity contribution in [3.8, 4) is 11.6 Å². The van der Waals surface area contributed by atoms with E-state index in [1.165, 1.54) is 18.2 Å². The molecule has 6 nitrogen and oxygen atoms in total. The number of aromatic amines is 1. The lowest BCUT2D eigenvalue weighted by Gasteiger charge is -2.03. The molecule has 0 aliphatic heterocycles. The van der Waals surface area contributed by atoms with Crippen molar-refractivity contribution in [3.63, 3.8) is 0 Å². The number of para-hydroxylation sites is 1. The number of aromatic hydroxyl groups is 1. The van der Waals surface area contributed by atoms with Crippen LogP contribution < -0.4 is 4.74 Å². The van der Waals surface area contributed by atoms with Gasteiger partial charge in [-0.3, -0.25) is 4.79 Å². The number of nitrogens with one attached hydrogen (secondary N) is 1. The zero-order valence-corrected chi connectivity index (χ0v) is 13.7. The van der Waals surface area contributed by atoms with E-state index in [9.17, 15) is 14.3 Å². The molecule has 3 aromatic rings. The predicted octanol–water partition coefficient (Wildman–Crippen LogP) is 4.46. The second-order valence-corrected chi connectivity index (χ2v) is 5.74. The highest BCUT2D eigenvalue weighted by Gasteiger charge is 2.12. The Kier molecular flexibility index (Phi) is 4.57. The number of benzene rings is 2. The Balaban J connectivity index is 1.74. The number of ether oxygens (including phenoxy) is 1. The molecule has 8 heteroatoms. The average Bonchev–Trinajstić information content (AvgIpc) is 2.87. The summed E-state index contributed by atoms with van der Waals surface area (Å²) in [4.78, 5) is 14.5. The van der Waals surface area contributed by atoms with Gasteiger partial charge in [-0.15, -0.1) is 10.2 Å². The number of carbonyl (C=O) groups excluding carboxylic acids is 1. The van der Waals surface area contributed by atoms with Crippen molar-refractivity contribution in [1.82, 2.24) is 4.98 Å². The third kappa shape index (κ3) is 3.43. The van der Waals surface area contributed by atoms with Gasteiger partial charge >= 0.3 is 5.91 Å². The van der Waals surface area contributed by atoms with Crippen molar-refractivity contribution in [2.24, 2.45) is 10.2 Å². The molecule has 0 saturated heterocycles. The number of rotatable bonds is 4. The molecule has 122 valence electrons. The Labute approximate surface area is 144 Å². The molecule has 0 aliphatic carbocycles. The first-order valence-corrected chi connectivity index (χ1v) is 7.66. The van der Waals surface area contributed by atoms with Gasteiger partial charge in [0.1, 0.15) is 0 Å². The summed E-state index contributed by atoms with van der Waals surface area (Å²) in [5, 5.41) is 17.7. The minimum atomic E-state index is -0.706. The van der Waals surface area contributed by atoms with Crippen molar-refractivity contribution < 1.29 is 19.0 Å². The number of nitrogens with zero attached hydrogens (tertiary/aromatic N) is 2. The number of hydrogen-bond acceptors (Lipinski definition) is 4. The number of aromatic nitrogens is 1. The third-order valence-electron chi connectivity index (χ3n) is 3.16. The number of azo groups is 1. The standard InChI is InChI=1S/C16H11BrFN3O3/c17-9-5-6-12-10(7-9)15(16(23)19-12)21-20-14(22)8-24-13-4-2-1-3-11(13)18/h1-7,19,23H,8H2. The Hall–Kier alpha value is -2.74. The van der Waals surface area contributed by atoms with Gasteiger partial charge in [0.05, 0.1) is 5.52 Å². The molecule has 2 aromatic carbocycles. The Morgan fingerprint density at radius 1 is 1.29 bits per heavy atom. The van der Waals surface area contributed by atoms with Gasteiger partial charge in [0.2, 0.25) is 5.88 Å². The van der Waals surface area contributed by atoms with Crippen LogP contribution in [0.4, 0.5) is 10.1 Å². The quantitative estimate of drug-likeness (QED) is 0.643. The summed E-state index contributed by atoms with van der Waals surface area (Å²) in [5.74, 6) is -1.52. The third-order valence-corrected chi connectivity index (χ3v) is 3.66. The molecular weight excluding hydrogens is 381 g/mol. The molecule has 0 spiro atoms. The van der Waals surface area contributed by atoms with E-state index in [2.05, 4.69) is 31.1 Å². The molecule has 0 aliphatic rings. The van der Waals surface area contributed by atoms with Gasteiger partial charge in [-0.25, -0.2) is 4.39 Å². The van der Waals surface area contributed by atoms with E-state index in [1.807, 2.05) is 0 Å². The van der Waals surface area contributed by atoms with Gasteiger partial charge in [0.25, 0.3) is 0 Å². The molecule has 0 atom stereocenters. The van der Waals surface area contributed by atoms with Gasteiger partial charge in [0.15, 0.2) is 23.9 Å². The maximum Gasteiger partial charge on any atom is 0.302 e. The van der Waals surface area contributed by atoms with Crippen LogP contribution in [-0.4, -0.2) is 22.6 Å². The summed E-state index contributed by atoms with van der Waals surface area (Å²) >= 11 is 3.32. The van der Waals surface area contributed by atoms with Crippen LogP contribution in [0, 0.1) is 5.82 Å². The van der Waals surface area contributed by atoms with Crippen LogP contribution in [0.2, 0.25) is 0 Å². The van der Waals surface area contributed by atoms with E-state index in [-0.39, 0.29) is 17.3 Å². The van der Waals surface area contributed by atoms with Crippen LogP contribution in [0.15, 0.2) is 57.2 Å². The first kappa shape index (κ1) is 16.1. The number of H-pyrrole nitrogens is 1. The molecule has 24 heavy (non-hydrogen) atoms. The highest BCUT2D eigenvalue weighted by molar-refractivity contribution is 9.10. The fourth-order valence-electron chi connectivity index (χ4n) is 2.07. The molecule has 0 bridgehead atoms. The van der Waals surface area contributed by atoms with E-state index in [1.54, 1.807) is 24.3 Å². The minimum absolute atomic E-state index is 0.0417. The van der Waals surface area contributed by atoms with E-state index < -0.39 is 18.3 Å². The molecule has 2 N–H and O–H groups in total. The summed E-state index contributed by atoms with van der Waals surface area (Å²) < 4.78 is 19.2. The predicted molar refractivity (Wildman–Crippen MR) is 89.1 cm³/mol. The molecule has 3 rings (SSSR count). The second kappa shape index (κ2) is 6.79. The second-order valence-electron chi connectivity index (χ2n) is 4.82. The average molecular weight is 392 g/mol. The summed E-state index contributed by atoms with van der Waals surface area (Å²) in [6.45, 7) is -0.461. The molecule has 1 amide bonds. The molecule has 0 saturated carbocycles. The van der Waals surface area contributed by atoms with E-state index in [0.29, 0.717) is 10.9 Å². The normalized spacial score (nSPS) is 11.2. The number of amides is 1. The molecule has 1 heterocycles. The van der Waals surface area contributed by atoms with E-state index in [0.717, 1.165) is 4.47 Å². The van der Waals surface area contributed by atoms with E-state index in [4.69, 9.17) is 4.74 Å². The van der Waals surface area contributed by atoms with Crippen LogP contribution in [0.3, 0.4) is 0 Å². The Bertz CT molecular complexity index is 939. The van der Waals surface area contributed by atoms with Crippen LogP contribution in [0.5, 0.6) is 11.6 Å². The highest BCUT2D eigenvalue weighted by Crippen LogP contribution is 2.36. The smallest absolute Gasteiger partial charge is 0.302 e. The first-order chi connectivity index (χ1) is 11.5. The van der Waals surface area contributed by atoms with E-state index >= 15 is 0 Å². The zero-order valence-electron chi connectivity index (χ0n) is 12.2. The lowest BCUT2D eigenvalue weighted by Crippen LogP contribution is -2.08. The van der Waals surface area contributed by atoms with Crippen molar-refractivity contribution in [2.75, 3.05) is 6.61 Å². The van der Waals surface area contributed by atoms with Gasteiger partial charge in [-0.2, -0.15) is 0 Å². The summed E-state index contributed by atoms with van der Waals surface area (Å²) in [5.41, 5.74) is 0.797. The number of carbonyl (C=O) groups is 1. The SMILES string of the molecule is O=C(COc1ccccc1F)N=Nc1c(O)[nH]c2ccc(Br)cc12. The van der Waals surface area contributed by atoms with Crippen molar-refractivity contribution in [2.45, 2.75) is 0 Å². The maximum atomic E-state index is 13.4. The van der Waals surface area contributed by atoms with Crippen LogP contribution in [-0.2, 0) is 4.79 Å². The maximum absolute atomic E-state index is 13.4. The fraction of sp³-hybridized carbons (Fsp3) is 0.0625. The zero-order chi connectivity index (χ0) is 17.1. The highest BCUT2D eigenvalue weighted by atomic mass is 79.9. The number of hydrogen-bond donors (Lipinski definition) is 2. The lowest BCUT2D eigenvalue weighted by atomic mass is 10.2. The molecule has 0 fully saturated rings. The Morgan fingerprint density at radius 3 is 2.88 bits per heavy atom. The molecule has 0 unspecified atom stereocenters. The lowest BCUT2D eigenvalue weighted by molar-refractivity contribution is -0.120. The molecular formula is C16H11BrFN3O3. The van der Waals surface area contributed by atoms with Gasteiger partial charge in [-0.1, -0.05) is 28.1 Å². The number of fused-ring (bicyclic) bond motifs is 1. The van der Waals surface area contributed by atoms with Crippen LogP contribution in [0.25, 0.3) is 10.9 Å². The van der Waals surface area contributed by atoms with Crippen molar-refractivity contribution in [3.05, 3.63) is 52.8 Å². The number of halogens is 2. The van der Waals surface area contributed by atoms with Crippen LogP contribution >= 0.6 is 15.9 Å². The largest absolute Gasteiger partial charge is 0.493 e. The summed E-state index contributed by atoms with van der Waals surface area (Å²) in [7, 11) is 0. The molecule has 1 aromatic heterocycles. The topological polar surface area (TPSA) is 87.0 Å². The van der Waals surface area contributed by atoms with Gasteiger partial charge in [-0.05, 0) is 30.3 Å². The Morgan fingerprint density at radius 2 is 2.08 bits per heavy atom. The summed E-state index contributed by atoms with van der Waals surface area (Å²) in [6, 6.07) is 11.0. The van der Waals surface area contributed by atoms with Crippen molar-refractivity contribution >= 4 is 38.4 Å². The molecule has 0 radical (unpaired) electrons. The summed E-state index contributed by atoms with van der Waals surface area (Å²) in [6.07, 6.45) is 0. The van der Waals surface area contributed by atoms with Crippen LogP contribution in [0.1, 0.15) is 0 Å². The minimum Gasteiger partial charge on any atom is -0.493 e. The van der Waals surface area contributed by atoms with Gasteiger partial charge in [0, 0.05) is 9.86 Å². The monoisotopic (exact) mass is 391 g/mol. The van der Waals surface area contributed by atoms with Crippen molar-refractivity contribution in [1.29, 1.82) is 0 Å². The van der Waals surface area contributed by atoms with Gasteiger partial charge < -0.3 is 14.8 Å². The first-order valence-electron chi connectivity index (χ1n) is 6.86. The fourth-order valence-corrected chi connectivity index (χ4v) is 2.43.